The summed E-state index contributed by atoms with van der Waals surface area (Å²) < 4.78 is 6.36. The van der Waals surface area contributed by atoms with Crippen molar-refractivity contribution in [2.45, 2.75) is 52.1 Å². The molecule has 1 nitrogen and oxygen atoms in total. The summed E-state index contributed by atoms with van der Waals surface area (Å²) in [4.78, 5) is 0. The van der Waals surface area contributed by atoms with Crippen LogP contribution in [0.1, 0.15) is 46.5 Å². The molecule has 90 valence electrons. The number of hydrogen-bond donors (Lipinski definition) is 0. The number of allylic oxidation sites excluding steroid dienone is 1. The van der Waals surface area contributed by atoms with Crippen molar-refractivity contribution in [2.75, 3.05) is 6.61 Å². The van der Waals surface area contributed by atoms with Crippen molar-refractivity contribution in [3.05, 3.63) is 11.6 Å². The average Bonchev–Trinajstić information content (AvgIpc) is 2.65. The minimum atomic E-state index is 0.233. The van der Waals surface area contributed by atoms with E-state index in [-0.39, 0.29) is 5.60 Å². The molecule has 3 aliphatic rings. The monoisotopic (exact) mass is 220 g/mol. The quantitative estimate of drug-likeness (QED) is 0.564. The minimum absolute atomic E-state index is 0.233. The first kappa shape index (κ1) is 10.8. The summed E-state index contributed by atoms with van der Waals surface area (Å²) in [5, 5.41) is 0. The van der Waals surface area contributed by atoms with Crippen molar-refractivity contribution in [3.63, 3.8) is 0 Å². The van der Waals surface area contributed by atoms with E-state index in [9.17, 15) is 0 Å². The van der Waals surface area contributed by atoms with E-state index in [4.69, 9.17) is 4.74 Å². The summed E-state index contributed by atoms with van der Waals surface area (Å²) in [5.41, 5.74) is 1.84. The Kier molecular flexibility index (Phi) is 2.43. The van der Waals surface area contributed by atoms with E-state index in [0.29, 0.717) is 11.8 Å². The standard InChI is InChI=1S/C15H24O/c1-10-8-11(2)14-12(3)13(10)9-16-15(14)6-4-5-7-15/h8,10,12-14H,4-7,9H2,1-3H3/t10?,12-,13?,14?/m1/s1. The van der Waals surface area contributed by atoms with Gasteiger partial charge in [0.2, 0.25) is 0 Å². The van der Waals surface area contributed by atoms with Crippen molar-refractivity contribution in [1.29, 1.82) is 0 Å². The molecule has 1 aliphatic heterocycles. The predicted octanol–water partition coefficient (Wildman–Crippen LogP) is 3.79. The van der Waals surface area contributed by atoms with Gasteiger partial charge in [-0.15, -0.1) is 0 Å². The highest BCUT2D eigenvalue weighted by Crippen LogP contribution is 2.54. The molecule has 1 saturated carbocycles. The van der Waals surface area contributed by atoms with Gasteiger partial charge in [0.1, 0.15) is 0 Å². The van der Waals surface area contributed by atoms with Crippen molar-refractivity contribution >= 4 is 0 Å². The van der Waals surface area contributed by atoms with Gasteiger partial charge in [-0.25, -0.2) is 0 Å². The van der Waals surface area contributed by atoms with E-state index in [1.165, 1.54) is 25.7 Å². The summed E-state index contributed by atoms with van der Waals surface area (Å²) in [6.07, 6.45) is 7.87. The van der Waals surface area contributed by atoms with Gasteiger partial charge in [-0.1, -0.05) is 38.3 Å². The second-order valence-electron chi connectivity index (χ2n) is 6.35. The van der Waals surface area contributed by atoms with Crippen LogP contribution in [-0.4, -0.2) is 12.2 Å². The molecule has 1 heterocycles. The Morgan fingerprint density at radius 2 is 1.94 bits per heavy atom. The van der Waals surface area contributed by atoms with E-state index in [0.717, 1.165) is 18.4 Å². The average molecular weight is 220 g/mol. The van der Waals surface area contributed by atoms with Crippen LogP contribution in [0.25, 0.3) is 0 Å². The van der Waals surface area contributed by atoms with Crippen LogP contribution in [-0.2, 0) is 4.74 Å². The third-order valence-corrected chi connectivity index (χ3v) is 5.47. The van der Waals surface area contributed by atoms with Crippen LogP contribution in [0.3, 0.4) is 0 Å². The Labute approximate surface area is 99.3 Å². The molecule has 1 spiro atoms. The van der Waals surface area contributed by atoms with Crippen molar-refractivity contribution in [3.8, 4) is 0 Å². The highest BCUT2D eigenvalue weighted by molar-refractivity contribution is 5.21. The van der Waals surface area contributed by atoms with Gasteiger partial charge < -0.3 is 4.74 Å². The van der Waals surface area contributed by atoms with Crippen LogP contribution >= 0.6 is 0 Å². The lowest BCUT2D eigenvalue weighted by Crippen LogP contribution is -2.53. The Bertz CT molecular complexity index is 311. The molecule has 1 heteroatoms. The van der Waals surface area contributed by atoms with Gasteiger partial charge >= 0.3 is 0 Å². The molecule has 0 N–H and O–H groups in total. The summed E-state index contributed by atoms with van der Waals surface area (Å²) in [6, 6.07) is 0. The molecule has 1 saturated heterocycles. The first-order chi connectivity index (χ1) is 7.64. The van der Waals surface area contributed by atoms with Gasteiger partial charge in [0, 0.05) is 5.92 Å². The van der Waals surface area contributed by atoms with Crippen molar-refractivity contribution in [2.24, 2.45) is 23.7 Å². The fourth-order valence-electron chi connectivity index (χ4n) is 4.76. The molecule has 0 amide bonds. The van der Waals surface area contributed by atoms with Crippen LogP contribution in [0, 0.1) is 23.7 Å². The van der Waals surface area contributed by atoms with Crippen LogP contribution in [0.2, 0.25) is 0 Å². The van der Waals surface area contributed by atoms with Gasteiger partial charge in [0.25, 0.3) is 0 Å². The summed E-state index contributed by atoms with van der Waals surface area (Å²) in [7, 11) is 0. The lowest BCUT2D eigenvalue weighted by molar-refractivity contribution is -0.160. The Hall–Kier alpha value is -0.300. The Balaban J connectivity index is 1.99. The smallest absolute Gasteiger partial charge is 0.0750 e. The fraction of sp³-hybridized carbons (Fsp3) is 0.867. The molecule has 3 rings (SSSR count). The van der Waals surface area contributed by atoms with Gasteiger partial charge in [-0.3, -0.25) is 0 Å². The predicted molar refractivity (Wildman–Crippen MR) is 66.2 cm³/mol. The van der Waals surface area contributed by atoms with Gasteiger partial charge in [0.05, 0.1) is 12.2 Å². The zero-order valence-electron chi connectivity index (χ0n) is 10.8. The third kappa shape index (κ3) is 1.33. The Morgan fingerprint density at radius 3 is 2.62 bits per heavy atom. The highest BCUT2D eigenvalue weighted by Gasteiger charge is 2.52. The maximum absolute atomic E-state index is 6.36. The molecule has 3 unspecified atom stereocenters. The number of ether oxygens (including phenoxy) is 1. The molecule has 2 fully saturated rings. The molecular formula is C15H24O. The number of rotatable bonds is 0. The van der Waals surface area contributed by atoms with Gasteiger partial charge in [-0.05, 0) is 37.5 Å². The van der Waals surface area contributed by atoms with Crippen LogP contribution in [0.4, 0.5) is 0 Å². The van der Waals surface area contributed by atoms with Gasteiger partial charge in [0.15, 0.2) is 0 Å². The molecule has 16 heavy (non-hydrogen) atoms. The van der Waals surface area contributed by atoms with Crippen LogP contribution in [0.15, 0.2) is 11.6 Å². The minimum Gasteiger partial charge on any atom is -0.374 e. The molecular weight excluding hydrogens is 196 g/mol. The largest absolute Gasteiger partial charge is 0.374 e. The molecule has 2 aliphatic carbocycles. The normalized spacial score (nSPS) is 45.8. The topological polar surface area (TPSA) is 9.23 Å². The van der Waals surface area contributed by atoms with E-state index in [1.807, 2.05) is 0 Å². The SMILES string of the molecule is CC1=CC(C)C2COC3(CCCC3)C1[C@@H]2C. The molecule has 0 aromatic carbocycles. The van der Waals surface area contributed by atoms with Gasteiger partial charge in [-0.2, -0.15) is 0 Å². The molecule has 0 radical (unpaired) electrons. The summed E-state index contributed by atoms with van der Waals surface area (Å²) in [6.45, 7) is 8.16. The lowest BCUT2D eigenvalue weighted by atomic mass is 9.61. The summed E-state index contributed by atoms with van der Waals surface area (Å²) in [5.74, 6) is 3.02. The van der Waals surface area contributed by atoms with Crippen LogP contribution < -0.4 is 0 Å². The second-order valence-corrected chi connectivity index (χ2v) is 6.35. The Morgan fingerprint density at radius 1 is 1.25 bits per heavy atom. The number of fused-ring (bicyclic) bond motifs is 3. The first-order valence-corrected chi connectivity index (χ1v) is 6.96. The van der Waals surface area contributed by atoms with E-state index in [1.54, 1.807) is 5.57 Å². The molecule has 2 bridgehead atoms. The van der Waals surface area contributed by atoms with E-state index < -0.39 is 0 Å². The zero-order valence-corrected chi connectivity index (χ0v) is 10.8. The first-order valence-electron chi connectivity index (χ1n) is 6.96. The van der Waals surface area contributed by atoms with E-state index in [2.05, 4.69) is 26.8 Å². The maximum Gasteiger partial charge on any atom is 0.0750 e. The molecule has 4 atom stereocenters. The third-order valence-electron chi connectivity index (χ3n) is 5.47. The molecule has 0 aromatic rings. The maximum atomic E-state index is 6.36. The van der Waals surface area contributed by atoms with E-state index >= 15 is 0 Å². The van der Waals surface area contributed by atoms with Crippen molar-refractivity contribution < 1.29 is 4.74 Å². The zero-order chi connectivity index (χ0) is 11.3. The van der Waals surface area contributed by atoms with Crippen LogP contribution in [0.5, 0.6) is 0 Å². The summed E-state index contributed by atoms with van der Waals surface area (Å²) >= 11 is 0. The highest BCUT2D eigenvalue weighted by atomic mass is 16.5. The molecule has 0 aromatic heterocycles. The lowest BCUT2D eigenvalue weighted by Gasteiger charge is -2.53. The second kappa shape index (κ2) is 3.60. The number of hydrogen-bond acceptors (Lipinski definition) is 1. The van der Waals surface area contributed by atoms with Crippen molar-refractivity contribution in [1.82, 2.24) is 0 Å². The fourth-order valence-corrected chi connectivity index (χ4v) is 4.76.